The van der Waals surface area contributed by atoms with Gasteiger partial charge in [0.2, 0.25) is 0 Å². The average Bonchev–Trinajstić information content (AvgIpc) is 2.51. The molecule has 0 saturated carbocycles. The van der Waals surface area contributed by atoms with Gasteiger partial charge in [-0.3, -0.25) is 0 Å². The number of hydrogen-bond donors (Lipinski definition) is 0. The Labute approximate surface area is 79.0 Å². The molecule has 2 aromatic heterocycles. The van der Waals surface area contributed by atoms with Gasteiger partial charge in [-0.15, -0.1) is 23.1 Å². The summed E-state index contributed by atoms with van der Waals surface area (Å²) in [7, 11) is 0. The monoisotopic (exact) mass is 196 g/mol. The van der Waals surface area contributed by atoms with Crippen LogP contribution in [0.15, 0.2) is 22.7 Å². The quantitative estimate of drug-likeness (QED) is 0.691. The molecule has 0 aliphatic heterocycles. The zero-order chi connectivity index (χ0) is 8.39. The lowest BCUT2D eigenvalue weighted by Gasteiger charge is -1.95. The fraction of sp³-hybridized carbons (Fsp3) is 0.250. The van der Waals surface area contributed by atoms with Crippen molar-refractivity contribution >= 4 is 33.4 Å². The second-order valence-electron chi connectivity index (χ2n) is 2.26. The van der Waals surface area contributed by atoms with E-state index in [1.165, 1.54) is 0 Å². The van der Waals surface area contributed by atoms with E-state index in [4.69, 9.17) is 0 Å². The lowest BCUT2D eigenvalue weighted by atomic mass is 10.5. The van der Waals surface area contributed by atoms with E-state index in [9.17, 15) is 0 Å². The van der Waals surface area contributed by atoms with Crippen LogP contribution in [-0.4, -0.2) is 15.7 Å². The molecule has 2 aromatic rings. The molecule has 12 heavy (non-hydrogen) atoms. The largest absolute Gasteiger partial charge is 0.243 e. The van der Waals surface area contributed by atoms with Crippen molar-refractivity contribution < 1.29 is 0 Å². The first-order chi connectivity index (χ1) is 5.90. The topological polar surface area (TPSA) is 25.8 Å². The van der Waals surface area contributed by atoms with Crippen LogP contribution >= 0.6 is 23.1 Å². The summed E-state index contributed by atoms with van der Waals surface area (Å²) >= 11 is 3.35. The summed E-state index contributed by atoms with van der Waals surface area (Å²) in [6.07, 6.45) is 0. The van der Waals surface area contributed by atoms with E-state index in [0.29, 0.717) is 0 Å². The van der Waals surface area contributed by atoms with Gasteiger partial charge in [0, 0.05) is 0 Å². The number of hydrogen-bond acceptors (Lipinski definition) is 4. The molecular formula is C8H8N2S2. The first kappa shape index (κ1) is 8.01. The van der Waals surface area contributed by atoms with Gasteiger partial charge in [-0.05, 0) is 17.9 Å². The van der Waals surface area contributed by atoms with Gasteiger partial charge >= 0.3 is 0 Å². The van der Waals surface area contributed by atoms with Crippen LogP contribution in [0.2, 0.25) is 0 Å². The molecule has 0 aromatic carbocycles. The summed E-state index contributed by atoms with van der Waals surface area (Å²) in [5, 5.41) is 1.09. The minimum atomic E-state index is 1.00. The number of pyridine rings is 1. The number of nitrogens with zero attached hydrogens (tertiary/aromatic N) is 2. The third kappa shape index (κ3) is 1.44. The summed E-state index contributed by atoms with van der Waals surface area (Å²) in [5.41, 5.74) is 2.83. The van der Waals surface area contributed by atoms with Gasteiger partial charge in [-0.1, -0.05) is 6.92 Å². The smallest absolute Gasteiger partial charge is 0.144 e. The van der Waals surface area contributed by atoms with Crippen molar-refractivity contribution in [2.24, 2.45) is 0 Å². The van der Waals surface area contributed by atoms with Crippen LogP contribution in [-0.2, 0) is 0 Å². The Hall–Kier alpha value is -0.610. The Morgan fingerprint density at radius 3 is 3.25 bits per heavy atom. The summed E-state index contributed by atoms with van der Waals surface area (Å²) in [5.74, 6) is 1.07. The van der Waals surface area contributed by atoms with Gasteiger partial charge in [0.15, 0.2) is 0 Å². The minimum Gasteiger partial charge on any atom is -0.243 e. The molecule has 0 unspecified atom stereocenters. The van der Waals surface area contributed by atoms with Crippen molar-refractivity contribution in [3.8, 4) is 0 Å². The van der Waals surface area contributed by atoms with Gasteiger partial charge in [0.05, 0.1) is 10.5 Å². The molecule has 0 fully saturated rings. The van der Waals surface area contributed by atoms with Crippen molar-refractivity contribution in [1.29, 1.82) is 0 Å². The molecule has 0 saturated heterocycles. The number of rotatable bonds is 2. The van der Waals surface area contributed by atoms with Gasteiger partial charge in [0.1, 0.15) is 10.3 Å². The SMILES string of the molecule is CCSc1ccc2ncsc2n1. The van der Waals surface area contributed by atoms with Crippen LogP contribution in [0.5, 0.6) is 0 Å². The molecule has 0 radical (unpaired) electrons. The molecule has 2 nitrogen and oxygen atoms in total. The van der Waals surface area contributed by atoms with E-state index in [1.54, 1.807) is 23.1 Å². The van der Waals surface area contributed by atoms with E-state index >= 15 is 0 Å². The Morgan fingerprint density at radius 1 is 1.50 bits per heavy atom. The Kier molecular flexibility index (Phi) is 2.28. The number of thioether (sulfide) groups is 1. The van der Waals surface area contributed by atoms with Crippen LogP contribution < -0.4 is 0 Å². The van der Waals surface area contributed by atoms with Crippen LogP contribution in [0, 0.1) is 0 Å². The molecular weight excluding hydrogens is 188 g/mol. The first-order valence-electron chi connectivity index (χ1n) is 3.73. The summed E-state index contributed by atoms with van der Waals surface area (Å²) in [6, 6.07) is 4.05. The fourth-order valence-corrected chi connectivity index (χ4v) is 2.29. The minimum absolute atomic E-state index is 1.00. The highest BCUT2D eigenvalue weighted by Gasteiger charge is 1.99. The lowest BCUT2D eigenvalue weighted by Crippen LogP contribution is -1.79. The van der Waals surface area contributed by atoms with E-state index in [2.05, 4.69) is 16.9 Å². The average molecular weight is 196 g/mol. The van der Waals surface area contributed by atoms with Crippen LogP contribution in [0.3, 0.4) is 0 Å². The maximum Gasteiger partial charge on any atom is 0.144 e. The standard InChI is InChI=1S/C8H8N2S2/c1-2-11-7-4-3-6-8(10-7)12-5-9-6/h3-5H,2H2,1H3. The Bertz CT molecular complexity index is 383. The normalized spacial score (nSPS) is 10.8. The Balaban J connectivity index is 2.46. The molecule has 2 rings (SSSR count). The van der Waals surface area contributed by atoms with Crippen molar-refractivity contribution in [2.75, 3.05) is 5.75 Å². The van der Waals surface area contributed by atoms with Crippen LogP contribution in [0.1, 0.15) is 6.92 Å². The molecule has 4 heteroatoms. The second kappa shape index (κ2) is 3.41. The molecule has 0 N–H and O–H groups in total. The van der Waals surface area contributed by atoms with E-state index in [1.807, 2.05) is 17.6 Å². The molecule has 2 heterocycles. The van der Waals surface area contributed by atoms with Crippen LogP contribution in [0.25, 0.3) is 10.3 Å². The zero-order valence-corrected chi connectivity index (χ0v) is 8.28. The second-order valence-corrected chi connectivity index (χ2v) is 4.38. The van der Waals surface area contributed by atoms with Crippen molar-refractivity contribution in [1.82, 2.24) is 9.97 Å². The fourth-order valence-electron chi connectivity index (χ4n) is 0.962. The van der Waals surface area contributed by atoms with Gasteiger partial charge in [-0.25, -0.2) is 9.97 Å². The number of aromatic nitrogens is 2. The van der Waals surface area contributed by atoms with Crippen molar-refractivity contribution in [3.05, 3.63) is 17.6 Å². The van der Waals surface area contributed by atoms with Gasteiger partial charge in [0.25, 0.3) is 0 Å². The lowest BCUT2D eigenvalue weighted by molar-refractivity contribution is 1.19. The molecule has 0 atom stereocenters. The van der Waals surface area contributed by atoms with Crippen molar-refractivity contribution in [3.63, 3.8) is 0 Å². The van der Waals surface area contributed by atoms with Gasteiger partial charge < -0.3 is 0 Å². The third-order valence-corrected chi connectivity index (χ3v) is 3.01. The highest BCUT2D eigenvalue weighted by molar-refractivity contribution is 7.99. The predicted molar refractivity (Wildman–Crippen MR) is 53.8 cm³/mol. The summed E-state index contributed by atoms with van der Waals surface area (Å²) in [4.78, 5) is 9.65. The molecule has 0 bridgehead atoms. The third-order valence-electron chi connectivity index (χ3n) is 1.46. The van der Waals surface area contributed by atoms with Crippen LogP contribution in [0.4, 0.5) is 0 Å². The molecule has 62 valence electrons. The summed E-state index contributed by atoms with van der Waals surface area (Å²) in [6.45, 7) is 2.13. The number of thiazole rings is 1. The molecule has 0 aliphatic rings. The van der Waals surface area contributed by atoms with E-state index < -0.39 is 0 Å². The first-order valence-corrected chi connectivity index (χ1v) is 5.59. The highest BCUT2D eigenvalue weighted by atomic mass is 32.2. The Morgan fingerprint density at radius 2 is 2.42 bits per heavy atom. The van der Waals surface area contributed by atoms with Gasteiger partial charge in [-0.2, -0.15) is 0 Å². The predicted octanol–water partition coefficient (Wildman–Crippen LogP) is 2.80. The number of fused-ring (bicyclic) bond motifs is 1. The summed E-state index contributed by atoms with van der Waals surface area (Å²) < 4.78 is 0. The molecule has 0 aliphatic carbocycles. The van der Waals surface area contributed by atoms with E-state index in [-0.39, 0.29) is 0 Å². The molecule has 0 amide bonds. The maximum atomic E-state index is 4.44. The zero-order valence-electron chi connectivity index (χ0n) is 6.65. The molecule has 0 spiro atoms. The van der Waals surface area contributed by atoms with E-state index in [0.717, 1.165) is 21.1 Å². The maximum absolute atomic E-state index is 4.44. The highest BCUT2D eigenvalue weighted by Crippen LogP contribution is 2.20. The van der Waals surface area contributed by atoms with Crippen molar-refractivity contribution in [2.45, 2.75) is 11.9 Å².